The predicted molar refractivity (Wildman–Crippen MR) is 97.5 cm³/mol. The third-order valence-corrected chi connectivity index (χ3v) is 7.07. The largest absolute Gasteiger partial charge is 0.377 e. The number of benzene rings is 1. The zero-order valence-electron chi connectivity index (χ0n) is 14.6. The normalized spacial score (nSPS) is 16.4. The second kappa shape index (κ2) is 7.36. The number of aryl methyl sites for hydroxylation is 2. The molecule has 136 valence electrons. The maximum atomic E-state index is 12.8. The Hall–Kier alpha value is -1.55. The summed E-state index contributed by atoms with van der Waals surface area (Å²) in [5, 5.41) is 0.815. The van der Waals surface area contributed by atoms with Crippen molar-refractivity contribution in [3.63, 3.8) is 0 Å². The minimum absolute atomic E-state index is 0.363. The molecule has 0 bridgehead atoms. The van der Waals surface area contributed by atoms with Gasteiger partial charge in [0.05, 0.1) is 4.90 Å². The fraction of sp³-hybridized carbons (Fsp3) is 0.500. The van der Waals surface area contributed by atoms with Gasteiger partial charge >= 0.3 is 0 Å². The van der Waals surface area contributed by atoms with Crippen molar-refractivity contribution in [2.24, 2.45) is 0 Å². The van der Waals surface area contributed by atoms with E-state index in [0.717, 1.165) is 16.3 Å². The molecule has 9 heteroatoms. The number of rotatable bonds is 5. The monoisotopic (exact) mass is 382 g/mol. The van der Waals surface area contributed by atoms with Crippen molar-refractivity contribution >= 4 is 26.7 Å². The quantitative estimate of drug-likeness (QED) is 0.785. The first-order valence-electron chi connectivity index (χ1n) is 8.05. The van der Waals surface area contributed by atoms with Gasteiger partial charge in [-0.1, -0.05) is 6.07 Å². The Morgan fingerprint density at radius 3 is 2.52 bits per heavy atom. The van der Waals surface area contributed by atoms with E-state index in [0.29, 0.717) is 43.5 Å². The molecule has 2 heterocycles. The lowest BCUT2D eigenvalue weighted by Gasteiger charge is -2.33. The fourth-order valence-electron chi connectivity index (χ4n) is 2.70. The van der Waals surface area contributed by atoms with Gasteiger partial charge in [-0.15, -0.1) is 0 Å². The Morgan fingerprint density at radius 2 is 1.88 bits per heavy atom. The fourth-order valence-corrected chi connectivity index (χ4v) is 4.94. The van der Waals surface area contributed by atoms with Crippen molar-refractivity contribution in [1.29, 1.82) is 0 Å². The molecule has 0 N–H and O–H groups in total. The maximum absolute atomic E-state index is 12.8. The van der Waals surface area contributed by atoms with Gasteiger partial charge in [0, 0.05) is 44.8 Å². The molecule has 0 atom stereocenters. The predicted octanol–water partition coefficient (Wildman–Crippen LogP) is 1.81. The molecule has 25 heavy (non-hydrogen) atoms. The molecule has 1 aliphatic heterocycles. The van der Waals surface area contributed by atoms with Crippen molar-refractivity contribution in [2.75, 3.05) is 38.2 Å². The molecule has 0 radical (unpaired) electrons. The first-order chi connectivity index (χ1) is 11.9. The molecule has 2 aromatic rings. The van der Waals surface area contributed by atoms with Gasteiger partial charge in [0.25, 0.3) is 0 Å². The number of piperazine rings is 1. The van der Waals surface area contributed by atoms with E-state index in [1.54, 1.807) is 23.5 Å². The Kier molecular flexibility index (Phi) is 5.38. The van der Waals surface area contributed by atoms with Gasteiger partial charge in [-0.3, -0.25) is 0 Å². The van der Waals surface area contributed by atoms with E-state index in [4.69, 9.17) is 4.74 Å². The number of hydrogen-bond acceptors (Lipinski definition) is 7. The summed E-state index contributed by atoms with van der Waals surface area (Å²) < 4.78 is 36.5. The lowest BCUT2D eigenvalue weighted by Crippen LogP contribution is -2.48. The molecule has 0 unspecified atom stereocenters. The van der Waals surface area contributed by atoms with E-state index in [1.807, 2.05) is 19.9 Å². The van der Waals surface area contributed by atoms with Gasteiger partial charge in [-0.05, 0) is 37.1 Å². The second-order valence-corrected chi connectivity index (χ2v) is 8.73. The van der Waals surface area contributed by atoms with Crippen molar-refractivity contribution in [1.82, 2.24) is 13.7 Å². The summed E-state index contributed by atoms with van der Waals surface area (Å²) in [6.45, 7) is 6.38. The number of aromatic nitrogens is 2. The molecule has 1 aliphatic rings. The van der Waals surface area contributed by atoms with E-state index in [9.17, 15) is 8.42 Å². The van der Waals surface area contributed by atoms with E-state index in [2.05, 4.69) is 14.3 Å². The van der Waals surface area contributed by atoms with Crippen LogP contribution in [0.25, 0.3) is 0 Å². The zero-order valence-corrected chi connectivity index (χ0v) is 16.2. The Balaban J connectivity index is 1.69. The molecule has 1 fully saturated rings. The van der Waals surface area contributed by atoms with Gasteiger partial charge in [0.2, 0.25) is 15.2 Å². The van der Waals surface area contributed by atoms with E-state index >= 15 is 0 Å². The van der Waals surface area contributed by atoms with Crippen LogP contribution in [0.15, 0.2) is 23.1 Å². The van der Waals surface area contributed by atoms with Gasteiger partial charge in [0.1, 0.15) is 6.61 Å². The van der Waals surface area contributed by atoms with Crippen molar-refractivity contribution in [2.45, 2.75) is 25.3 Å². The van der Waals surface area contributed by atoms with Gasteiger partial charge < -0.3 is 9.64 Å². The maximum Gasteiger partial charge on any atom is 0.243 e. The summed E-state index contributed by atoms with van der Waals surface area (Å²) in [7, 11) is -1.85. The molecular formula is C16H22N4O3S2. The smallest absolute Gasteiger partial charge is 0.243 e. The van der Waals surface area contributed by atoms with Crippen LogP contribution in [0.1, 0.15) is 17.0 Å². The molecule has 0 saturated carbocycles. The van der Waals surface area contributed by atoms with E-state index in [1.165, 1.54) is 11.5 Å². The number of methoxy groups -OCH3 is 1. The molecule has 0 aliphatic carbocycles. The van der Waals surface area contributed by atoms with Gasteiger partial charge in [0.15, 0.2) is 5.82 Å². The topological polar surface area (TPSA) is 75.6 Å². The first kappa shape index (κ1) is 18.2. The van der Waals surface area contributed by atoms with Crippen LogP contribution >= 0.6 is 11.5 Å². The van der Waals surface area contributed by atoms with E-state index in [-0.39, 0.29) is 0 Å². The molecule has 7 nitrogen and oxygen atoms in total. The summed E-state index contributed by atoms with van der Waals surface area (Å²) in [4.78, 5) is 6.87. The number of anilines is 1. The summed E-state index contributed by atoms with van der Waals surface area (Å²) in [5.74, 6) is 0.660. The third kappa shape index (κ3) is 3.84. The first-order valence-corrected chi connectivity index (χ1v) is 10.3. The van der Waals surface area contributed by atoms with Crippen LogP contribution in [0, 0.1) is 13.8 Å². The number of sulfonamides is 1. The van der Waals surface area contributed by atoms with Crippen LogP contribution in [-0.4, -0.2) is 55.4 Å². The van der Waals surface area contributed by atoms with Crippen LogP contribution in [0.5, 0.6) is 0 Å². The zero-order chi connectivity index (χ0) is 18.0. The highest BCUT2D eigenvalue weighted by Gasteiger charge is 2.29. The van der Waals surface area contributed by atoms with Crippen LogP contribution in [0.4, 0.5) is 5.13 Å². The van der Waals surface area contributed by atoms with Crippen molar-refractivity contribution < 1.29 is 13.2 Å². The summed E-state index contributed by atoms with van der Waals surface area (Å²) in [5.41, 5.74) is 2.08. The molecule has 1 saturated heterocycles. The Morgan fingerprint density at radius 1 is 1.16 bits per heavy atom. The van der Waals surface area contributed by atoms with E-state index < -0.39 is 10.0 Å². The standard InChI is InChI=1S/C16H22N4O3S2/c1-12-4-5-14(10-13(12)2)25(21,22)20-8-6-19(7-9-20)16-17-15(11-23-3)18-24-16/h4-5,10H,6-9,11H2,1-3H3. The molecule has 0 spiro atoms. The number of ether oxygens (including phenoxy) is 1. The molecule has 3 rings (SSSR count). The van der Waals surface area contributed by atoms with Crippen LogP contribution in [0.3, 0.4) is 0 Å². The highest BCUT2D eigenvalue weighted by atomic mass is 32.2. The summed E-state index contributed by atoms with van der Waals surface area (Å²) >= 11 is 1.32. The van der Waals surface area contributed by atoms with Crippen LogP contribution < -0.4 is 4.90 Å². The lowest BCUT2D eigenvalue weighted by molar-refractivity contribution is 0.179. The summed E-state index contributed by atoms with van der Waals surface area (Å²) in [6.07, 6.45) is 0. The lowest BCUT2D eigenvalue weighted by atomic mass is 10.1. The minimum Gasteiger partial charge on any atom is -0.377 e. The highest BCUT2D eigenvalue weighted by molar-refractivity contribution is 7.89. The SMILES string of the molecule is COCc1nsc(N2CCN(S(=O)(=O)c3ccc(C)c(C)c3)CC2)n1. The Bertz CT molecular complexity index is 843. The average Bonchev–Trinajstić information content (AvgIpc) is 3.06. The molecule has 0 amide bonds. The van der Waals surface area contributed by atoms with Gasteiger partial charge in [-0.2, -0.15) is 8.68 Å². The van der Waals surface area contributed by atoms with Gasteiger partial charge in [-0.25, -0.2) is 13.4 Å². The van der Waals surface area contributed by atoms with Crippen LogP contribution in [-0.2, 0) is 21.4 Å². The number of nitrogens with zero attached hydrogens (tertiary/aromatic N) is 4. The average molecular weight is 383 g/mol. The van der Waals surface area contributed by atoms with Crippen LogP contribution in [0.2, 0.25) is 0 Å². The molecule has 1 aromatic heterocycles. The third-order valence-electron chi connectivity index (χ3n) is 4.36. The second-order valence-electron chi connectivity index (χ2n) is 6.06. The highest BCUT2D eigenvalue weighted by Crippen LogP contribution is 2.23. The Labute approximate surface area is 152 Å². The van der Waals surface area contributed by atoms with Crippen molar-refractivity contribution in [3.8, 4) is 0 Å². The molecular weight excluding hydrogens is 360 g/mol. The minimum atomic E-state index is -3.46. The van der Waals surface area contributed by atoms with Crippen molar-refractivity contribution in [3.05, 3.63) is 35.2 Å². The summed E-state index contributed by atoms with van der Waals surface area (Å²) in [6, 6.07) is 5.29. The molecule has 1 aromatic carbocycles. The number of hydrogen-bond donors (Lipinski definition) is 0.